The highest BCUT2D eigenvalue weighted by atomic mass is 16.5. The van der Waals surface area contributed by atoms with Crippen molar-refractivity contribution < 1.29 is 4.74 Å². The highest BCUT2D eigenvalue weighted by Crippen LogP contribution is 2.21. The molecule has 0 saturated heterocycles. The summed E-state index contributed by atoms with van der Waals surface area (Å²) >= 11 is 0. The first-order valence-electron chi connectivity index (χ1n) is 7.57. The first kappa shape index (κ1) is 15.6. The van der Waals surface area contributed by atoms with Crippen molar-refractivity contribution in [3.63, 3.8) is 0 Å². The number of methoxy groups -OCH3 is 1. The van der Waals surface area contributed by atoms with Crippen molar-refractivity contribution in [3.8, 4) is 5.75 Å². The minimum absolute atomic E-state index is 0.293. The maximum absolute atomic E-state index is 5.23. The Hall–Kier alpha value is -1.81. The van der Waals surface area contributed by atoms with Crippen LogP contribution in [0.1, 0.15) is 36.8 Å². The summed E-state index contributed by atoms with van der Waals surface area (Å²) in [5.74, 6) is 0.891. The van der Waals surface area contributed by atoms with Crippen LogP contribution in [0.5, 0.6) is 5.75 Å². The molecule has 0 saturated carbocycles. The lowest BCUT2D eigenvalue weighted by molar-refractivity contribution is 0.414. The fourth-order valence-electron chi connectivity index (χ4n) is 2.53. The number of hydrogen-bond donors (Lipinski definition) is 1. The Morgan fingerprint density at radius 1 is 1.24 bits per heavy atom. The van der Waals surface area contributed by atoms with Crippen molar-refractivity contribution >= 4 is 0 Å². The third-order valence-electron chi connectivity index (χ3n) is 3.77. The molecular formula is C17H25N3O. The van der Waals surface area contributed by atoms with Crippen molar-refractivity contribution in [1.29, 1.82) is 0 Å². The topological polar surface area (TPSA) is 39.1 Å². The van der Waals surface area contributed by atoms with E-state index in [4.69, 9.17) is 4.74 Å². The van der Waals surface area contributed by atoms with Crippen molar-refractivity contribution in [1.82, 2.24) is 15.1 Å². The van der Waals surface area contributed by atoms with Crippen molar-refractivity contribution in [3.05, 3.63) is 47.3 Å². The van der Waals surface area contributed by atoms with Crippen LogP contribution in [0.25, 0.3) is 0 Å². The Labute approximate surface area is 127 Å². The summed E-state index contributed by atoms with van der Waals surface area (Å²) in [6.45, 7) is 5.21. The molecule has 4 nitrogen and oxygen atoms in total. The Morgan fingerprint density at radius 3 is 2.48 bits per heavy atom. The number of nitrogens with one attached hydrogen (secondary N) is 1. The van der Waals surface area contributed by atoms with Gasteiger partial charge in [-0.05, 0) is 36.7 Å². The number of aryl methyl sites for hydroxylation is 2. The van der Waals surface area contributed by atoms with E-state index in [-0.39, 0.29) is 0 Å². The normalized spacial score (nSPS) is 12.4. The molecule has 0 amide bonds. The zero-order valence-electron chi connectivity index (χ0n) is 13.4. The second-order valence-electron chi connectivity index (χ2n) is 5.19. The molecule has 1 N–H and O–H groups in total. The SMILES string of the molecule is CCNC(Cc1cc(CC)nn1C)c1ccc(OC)cc1. The molecule has 0 fully saturated rings. The number of rotatable bonds is 7. The van der Waals surface area contributed by atoms with E-state index in [1.54, 1.807) is 7.11 Å². The molecule has 0 aliphatic rings. The molecule has 0 bridgehead atoms. The lowest BCUT2D eigenvalue weighted by Gasteiger charge is -2.18. The van der Waals surface area contributed by atoms with Crippen LogP contribution in [0.15, 0.2) is 30.3 Å². The molecule has 0 aliphatic heterocycles. The van der Waals surface area contributed by atoms with Crippen LogP contribution >= 0.6 is 0 Å². The minimum Gasteiger partial charge on any atom is -0.497 e. The standard InChI is InChI=1S/C17H25N3O/c1-5-14-11-15(20(3)19-14)12-17(18-6-2)13-7-9-16(21-4)10-8-13/h7-11,17-18H,5-6,12H2,1-4H3. The molecule has 1 aromatic carbocycles. The third kappa shape index (κ3) is 3.85. The van der Waals surface area contributed by atoms with Crippen LogP contribution in [0.4, 0.5) is 0 Å². The number of benzene rings is 1. The van der Waals surface area contributed by atoms with Gasteiger partial charge in [-0.25, -0.2) is 0 Å². The molecule has 2 aromatic rings. The number of nitrogens with zero attached hydrogens (tertiary/aromatic N) is 2. The predicted molar refractivity (Wildman–Crippen MR) is 85.7 cm³/mol. The summed E-state index contributed by atoms with van der Waals surface area (Å²) < 4.78 is 7.22. The van der Waals surface area contributed by atoms with Gasteiger partial charge < -0.3 is 10.1 Å². The third-order valence-corrected chi connectivity index (χ3v) is 3.77. The van der Waals surface area contributed by atoms with E-state index in [0.717, 1.165) is 30.8 Å². The highest BCUT2D eigenvalue weighted by Gasteiger charge is 2.14. The van der Waals surface area contributed by atoms with Crippen LogP contribution < -0.4 is 10.1 Å². The van der Waals surface area contributed by atoms with Gasteiger partial charge in [-0.3, -0.25) is 4.68 Å². The van der Waals surface area contributed by atoms with Crippen LogP contribution in [0, 0.1) is 0 Å². The monoisotopic (exact) mass is 287 g/mol. The van der Waals surface area contributed by atoms with Crippen LogP contribution in [-0.2, 0) is 19.9 Å². The number of aromatic nitrogens is 2. The van der Waals surface area contributed by atoms with Gasteiger partial charge in [-0.15, -0.1) is 0 Å². The van der Waals surface area contributed by atoms with E-state index in [2.05, 4.69) is 42.5 Å². The first-order chi connectivity index (χ1) is 10.2. The van der Waals surface area contributed by atoms with E-state index in [9.17, 15) is 0 Å². The van der Waals surface area contributed by atoms with Gasteiger partial charge in [0.25, 0.3) is 0 Å². The van der Waals surface area contributed by atoms with E-state index in [1.165, 1.54) is 11.3 Å². The number of hydrogen-bond acceptors (Lipinski definition) is 3. The Kier molecular flexibility index (Phi) is 5.39. The smallest absolute Gasteiger partial charge is 0.118 e. The van der Waals surface area contributed by atoms with Gasteiger partial charge in [-0.2, -0.15) is 5.10 Å². The highest BCUT2D eigenvalue weighted by molar-refractivity contribution is 5.30. The zero-order valence-corrected chi connectivity index (χ0v) is 13.4. The van der Waals surface area contributed by atoms with Crippen molar-refractivity contribution in [2.45, 2.75) is 32.7 Å². The minimum atomic E-state index is 0.293. The van der Waals surface area contributed by atoms with Gasteiger partial charge in [0.2, 0.25) is 0 Å². The summed E-state index contributed by atoms with van der Waals surface area (Å²) in [5, 5.41) is 8.09. The maximum atomic E-state index is 5.23. The average Bonchev–Trinajstić information content (AvgIpc) is 2.87. The van der Waals surface area contributed by atoms with Gasteiger partial charge >= 0.3 is 0 Å². The maximum Gasteiger partial charge on any atom is 0.118 e. The molecule has 1 heterocycles. The lowest BCUT2D eigenvalue weighted by Crippen LogP contribution is -2.23. The van der Waals surface area contributed by atoms with Crippen molar-refractivity contribution in [2.24, 2.45) is 7.05 Å². The number of likely N-dealkylation sites (N-methyl/N-ethyl adjacent to an activating group) is 1. The van der Waals surface area contributed by atoms with E-state index >= 15 is 0 Å². The molecule has 0 spiro atoms. The summed E-state index contributed by atoms with van der Waals surface area (Å²) in [7, 11) is 3.71. The molecule has 1 unspecified atom stereocenters. The molecule has 1 atom stereocenters. The summed E-state index contributed by atoms with van der Waals surface area (Å²) in [4.78, 5) is 0. The van der Waals surface area contributed by atoms with Crippen LogP contribution in [-0.4, -0.2) is 23.4 Å². The van der Waals surface area contributed by atoms with E-state index in [0.29, 0.717) is 6.04 Å². The van der Waals surface area contributed by atoms with Gasteiger partial charge in [-0.1, -0.05) is 26.0 Å². The first-order valence-corrected chi connectivity index (χ1v) is 7.57. The fraction of sp³-hybridized carbons (Fsp3) is 0.471. The molecule has 21 heavy (non-hydrogen) atoms. The Balaban J connectivity index is 2.19. The molecule has 0 radical (unpaired) electrons. The molecule has 0 aliphatic carbocycles. The fourth-order valence-corrected chi connectivity index (χ4v) is 2.53. The molecule has 2 rings (SSSR count). The molecule has 114 valence electrons. The predicted octanol–water partition coefficient (Wildman–Crippen LogP) is 2.88. The molecule has 4 heteroatoms. The Bertz CT molecular complexity index is 560. The quantitative estimate of drug-likeness (QED) is 0.851. The van der Waals surface area contributed by atoms with Crippen molar-refractivity contribution in [2.75, 3.05) is 13.7 Å². The summed E-state index contributed by atoms with van der Waals surface area (Å²) in [5.41, 5.74) is 3.68. The number of ether oxygens (including phenoxy) is 1. The average molecular weight is 287 g/mol. The zero-order chi connectivity index (χ0) is 15.2. The van der Waals surface area contributed by atoms with Crippen LogP contribution in [0.3, 0.4) is 0 Å². The van der Waals surface area contributed by atoms with E-state index in [1.807, 2.05) is 23.9 Å². The van der Waals surface area contributed by atoms with Gasteiger partial charge in [0.15, 0.2) is 0 Å². The Morgan fingerprint density at radius 2 is 1.95 bits per heavy atom. The van der Waals surface area contributed by atoms with Gasteiger partial charge in [0, 0.05) is 25.2 Å². The van der Waals surface area contributed by atoms with Gasteiger partial charge in [0.1, 0.15) is 5.75 Å². The molecular weight excluding hydrogens is 262 g/mol. The van der Waals surface area contributed by atoms with E-state index < -0.39 is 0 Å². The second-order valence-corrected chi connectivity index (χ2v) is 5.19. The van der Waals surface area contributed by atoms with Crippen LogP contribution in [0.2, 0.25) is 0 Å². The largest absolute Gasteiger partial charge is 0.497 e. The summed E-state index contributed by atoms with van der Waals surface area (Å²) in [6.07, 6.45) is 1.91. The lowest BCUT2D eigenvalue weighted by atomic mass is 10.0. The molecule has 1 aromatic heterocycles. The van der Waals surface area contributed by atoms with Gasteiger partial charge in [0.05, 0.1) is 12.8 Å². The second kappa shape index (κ2) is 7.27. The summed E-state index contributed by atoms with van der Waals surface area (Å²) in [6, 6.07) is 10.8.